The number of aromatic nitrogens is 2. The van der Waals surface area contributed by atoms with Gasteiger partial charge in [0.05, 0.1) is 5.69 Å². The number of nitrogens with zero attached hydrogens (tertiary/aromatic N) is 2. The summed E-state index contributed by atoms with van der Waals surface area (Å²) >= 11 is 15.1. The van der Waals surface area contributed by atoms with Gasteiger partial charge in [-0.3, -0.25) is 9.12 Å². The van der Waals surface area contributed by atoms with Crippen molar-refractivity contribution in [3.8, 4) is 0 Å². The maximum atomic E-state index is 12.5. The summed E-state index contributed by atoms with van der Waals surface area (Å²) in [6, 6.07) is 4.87. The first-order valence-electron chi connectivity index (χ1n) is 5.47. The minimum atomic E-state index is -3.86. The molecular formula is C11H6Cl2IN3O2S2. The Bertz CT molecular complexity index is 936. The number of imidazole rings is 1. The summed E-state index contributed by atoms with van der Waals surface area (Å²) in [6.07, 6.45) is 1.61. The Kier molecular flexibility index (Phi) is 4.08. The van der Waals surface area contributed by atoms with E-state index >= 15 is 0 Å². The third-order valence-electron chi connectivity index (χ3n) is 2.61. The first kappa shape index (κ1) is 15.3. The highest BCUT2D eigenvalue weighted by Gasteiger charge is 2.25. The summed E-state index contributed by atoms with van der Waals surface area (Å²) in [5, 5.41) is 2.14. The van der Waals surface area contributed by atoms with E-state index in [9.17, 15) is 8.42 Å². The second-order valence-electron chi connectivity index (χ2n) is 3.99. The zero-order chi connectivity index (χ0) is 15.2. The van der Waals surface area contributed by atoms with Crippen molar-refractivity contribution in [1.29, 1.82) is 0 Å². The van der Waals surface area contributed by atoms with Gasteiger partial charge in [0, 0.05) is 20.2 Å². The fourth-order valence-electron chi connectivity index (χ4n) is 1.74. The van der Waals surface area contributed by atoms with Gasteiger partial charge in [-0.25, -0.2) is 4.98 Å². The van der Waals surface area contributed by atoms with Crippen molar-refractivity contribution < 1.29 is 8.42 Å². The van der Waals surface area contributed by atoms with E-state index in [4.69, 9.17) is 23.2 Å². The Morgan fingerprint density at radius 1 is 1.33 bits per heavy atom. The highest BCUT2D eigenvalue weighted by atomic mass is 127. The normalized spacial score (nSPS) is 12.0. The maximum absolute atomic E-state index is 12.5. The molecule has 3 aromatic rings. The largest absolute Gasteiger partial charge is 0.281 e. The first-order chi connectivity index (χ1) is 9.88. The molecule has 1 aromatic carbocycles. The van der Waals surface area contributed by atoms with Crippen LogP contribution in [0.3, 0.4) is 0 Å². The molecule has 0 radical (unpaired) electrons. The van der Waals surface area contributed by atoms with Crippen LogP contribution in [-0.4, -0.2) is 17.8 Å². The van der Waals surface area contributed by atoms with Crippen molar-refractivity contribution in [1.82, 2.24) is 9.38 Å². The van der Waals surface area contributed by atoms with Gasteiger partial charge in [0.25, 0.3) is 10.0 Å². The molecule has 3 rings (SSSR count). The standard InChI is InChI=1S/C11H6Cl2IN3O2S2/c12-6-1-2-8(7(14)5-6)16-21(18,19)10-9(13)15-11-17(10)3-4-20-11/h1-5,16H. The molecule has 10 heteroatoms. The average molecular weight is 474 g/mol. The average Bonchev–Trinajstić information content (AvgIpc) is 2.91. The minimum Gasteiger partial charge on any atom is -0.278 e. The minimum absolute atomic E-state index is 0.0571. The molecule has 0 aliphatic rings. The van der Waals surface area contributed by atoms with Gasteiger partial charge in [-0.1, -0.05) is 23.2 Å². The van der Waals surface area contributed by atoms with E-state index in [0.29, 0.717) is 19.2 Å². The van der Waals surface area contributed by atoms with Crippen molar-refractivity contribution in [2.24, 2.45) is 0 Å². The number of rotatable bonds is 3. The van der Waals surface area contributed by atoms with Crippen LogP contribution in [0.5, 0.6) is 0 Å². The van der Waals surface area contributed by atoms with E-state index in [1.807, 2.05) is 22.6 Å². The van der Waals surface area contributed by atoms with E-state index < -0.39 is 10.0 Å². The predicted molar refractivity (Wildman–Crippen MR) is 93.1 cm³/mol. The van der Waals surface area contributed by atoms with Crippen molar-refractivity contribution in [2.75, 3.05) is 4.72 Å². The van der Waals surface area contributed by atoms with Gasteiger partial charge in [0.15, 0.2) is 15.1 Å². The lowest BCUT2D eigenvalue weighted by Gasteiger charge is -2.09. The van der Waals surface area contributed by atoms with Crippen molar-refractivity contribution in [3.63, 3.8) is 0 Å². The molecule has 0 fully saturated rings. The third kappa shape index (κ3) is 2.87. The van der Waals surface area contributed by atoms with Crippen LogP contribution in [0.15, 0.2) is 34.8 Å². The van der Waals surface area contributed by atoms with E-state index in [-0.39, 0.29) is 10.2 Å². The molecule has 2 heterocycles. The molecule has 0 unspecified atom stereocenters. The summed E-state index contributed by atoms with van der Waals surface area (Å²) in [5.41, 5.74) is 0.432. The van der Waals surface area contributed by atoms with Gasteiger partial charge in [-0.15, -0.1) is 11.3 Å². The molecule has 0 saturated heterocycles. The van der Waals surface area contributed by atoms with E-state index in [0.717, 1.165) is 0 Å². The van der Waals surface area contributed by atoms with Crippen LogP contribution in [0, 0.1) is 3.57 Å². The predicted octanol–water partition coefficient (Wildman–Crippen LogP) is 4.11. The topological polar surface area (TPSA) is 63.5 Å². The second kappa shape index (κ2) is 5.58. The number of hydrogen-bond acceptors (Lipinski definition) is 4. The molecule has 5 nitrogen and oxygen atoms in total. The second-order valence-corrected chi connectivity index (χ2v) is 8.42. The summed E-state index contributed by atoms with van der Waals surface area (Å²) in [5.74, 6) is 0. The molecule has 2 aromatic heterocycles. The van der Waals surface area contributed by atoms with Crippen LogP contribution in [0.25, 0.3) is 4.96 Å². The molecule has 0 bridgehead atoms. The van der Waals surface area contributed by atoms with Gasteiger partial charge in [-0.2, -0.15) is 8.42 Å². The van der Waals surface area contributed by atoms with Crippen molar-refractivity contribution in [3.05, 3.63) is 43.5 Å². The van der Waals surface area contributed by atoms with E-state index in [1.165, 1.54) is 15.7 Å². The quantitative estimate of drug-likeness (QED) is 0.582. The number of hydrogen-bond donors (Lipinski definition) is 1. The number of nitrogens with one attached hydrogen (secondary N) is 1. The Labute approximate surface area is 148 Å². The molecule has 0 saturated carbocycles. The number of thiazole rings is 1. The summed E-state index contributed by atoms with van der Waals surface area (Å²) < 4.78 is 29.7. The Morgan fingerprint density at radius 3 is 2.81 bits per heavy atom. The van der Waals surface area contributed by atoms with Gasteiger partial charge >= 0.3 is 0 Å². The van der Waals surface area contributed by atoms with Gasteiger partial charge < -0.3 is 0 Å². The first-order valence-corrected chi connectivity index (χ1v) is 9.67. The SMILES string of the molecule is O=S(=O)(Nc1ccc(Cl)cc1I)c1c(Cl)nc2sccn12. The molecule has 0 aliphatic carbocycles. The fourth-order valence-corrected chi connectivity index (χ4v) is 5.47. The van der Waals surface area contributed by atoms with E-state index in [2.05, 4.69) is 9.71 Å². The van der Waals surface area contributed by atoms with Crippen LogP contribution < -0.4 is 4.72 Å². The van der Waals surface area contributed by atoms with Crippen molar-refractivity contribution >= 4 is 77.8 Å². The number of halogens is 3. The highest BCUT2D eigenvalue weighted by Crippen LogP contribution is 2.29. The van der Waals surface area contributed by atoms with Gasteiger partial charge in [0.2, 0.25) is 0 Å². The number of benzene rings is 1. The fraction of sp³-hybridized carbons (Fsp3) is 0. The van der Waals surface area contributed by atoms with Gasteiger partial charge in [-0.05, 0) is 40.8 Å². The number of sulfonamides is 1. The smallest absolute Gasteiger partial charge is 0.278 e. The maximum Gasteiger partial charge on any atom is 0.281 e. The lowest BCUT2D eigenvalue weighted by atomic mass is 10.3. The van der Waals surface area contributed by atoms with Crippen molar-refractivity contribution in [2.45, 2.75) is 5.03 Å². The lowest BCUT2D eigenvalue weighted by Crippen LogP contribution is -2.16. The highest BCUT2D eigenvalue weighted by molar-refractivity contribution is 14.1. The molecule has 0 spiro atoms. The summed E-state index contributed by atoms with van der Waals surface area (Å²) in [6.45, 7) is 0. The van der Waals surface area contributed by atoms with E-state index in [1.54, 1.807) is 29.8 Å². The third-order valence-corrected chi connectivity index (χ3v) is 6.26. The molecule has 0 amide bonds. The van der Waals surface area contributed by atoms with Gasteiger partial charge in [0.1, 0.15) is 0 Å². The molecule has 0 aliphatic heterocycles. The molecule has 21 heavy (non-hydrogen) atoms. The monoisotopic (exact) mass is 473 g/mol. The molecule has 110 valence electrons. The lowest BCUT2D eigenvalue weighted by molar-refractivity contribution is 0.596. The Hall–Kier alpha value is -0.550. The van der Waals surface area contributed by atoms with Crippen LogP contribution in [-0.2, 0) is 10.0 Å². The van der Waals surface area contributed by atoms with Crippen LogP contribution in [0.1, 0.15) is 0 Å². The molecule has 0 atom stereocenters. The van der Waals surface area contributed by atoms with Crippen LogP contribution >= 0.6 is 57.1 Å². The summed E-state index contributed by atoms with van der Waals surface area (Å²) in [4.78, 5) is 4.54. The zero-order valence-corrected chi connectivity index (χ0v) is 15.4. The summed E-state index contributed by atoms with van der Waals surface area (Å²) in [7, 11) is -3.86. The van der Waals surface area contributed by atoms with Crippen LogP contribution in [0.4, 0.5) is 5.69 Å². The Morgan fingerprint density at radius 2 is 2.10 bits per heavy atom. The zero-order valence-electron chi connectivity index (χ0n) is 10.0. The molecular weight excluding hydrogens is 468 g/mol. The number of fused-ring (bicyclic) bond motifs is 1. The molecule has 1 N–H and O–H groups in total. The van der Waals surface area contributed by atoms with Crippen LogP contribution in [0.2, 0.25) is 10.2 Å². The Balaban J connectivity index is 2.08. The number of anilines is 1.